The minimum atomic E-state index is 0.0326. The van der Waals surface area contributed by atoms with Gasteiger partial charge in [0.1, 0.15) is 10.7 Å². The normalized spacial score (nSPS) is 19.6. The van der Waals surface area contributed by atoms with Crippen LogP contribution in [0.1, 0.15) is 56.4 Å². The van der Waals surface area contributed by atoms with Gasteiger partial charge < -0.3 is 10.3 Å². The Morgan fingerprint density at radius 3 is 2.91 bits per heavy atom. The van der Waals surface area contributed by atoms with Gasteiger partial charge in [-0.1, -0.05) is 20.8 Å². The monoisotopic (exact) mass is 319 g/mol. The van der Waals surface area contributed by atoms with Crippen molar-refractivity contribution >= 4 is 21.6 Å². The second kappa shape index (κ2) is 6.13. The highest BCUT2D eigenvalue weighted by Crippen LogP contribution is 2.35. The number of nitrogens with zero attached hydrogens (tertiary/aromatic N) is 1. The Kier molecular flexibility index (Phi) is 4.37. The second-order valence-corrected chi connectivity index (χ2v) is 8.09. The van der Waals surface area contributed by atoms with E-state index in [1.54, 1.807) is 11.3 Å². The van der Waals surface area contributed by atoms with E-state index in [0.29, 0.717) is 11.8 Å². The van der Waals surface area contributed by atoms with Crippen LogP contribution in [0.4, 0.5) is 0 Å². The second-order valence-electron chi connectivity index (χ2n) is 7.01. The van der Waals surface area contributed by atoms with E-state index in [-0.39, 0.29) is 11.6 Å². The van der Waals surface area contributed by atoms with Gasteiger partial charge in [-0.15, -0.1) is 11.3 Å². The minimum Gasteiger partial charge on any atom is -0.309 e. The van der Waals surface area contributed by atoms with Gasteiger partial charge in [0.25, 0.3) is 5.56 Å². The zero-order chi connectivity index (χ0) is 15.9. The third-order valence-electron chi connectivity index (χ3n) is 4.43. The van der Waals surface area contributed by atoms with Crippen LogP contribution in [-0.4, -0.2) is 16.5 Å². The molecule has 0 bridgehead atoms. The highest BCUT2D eigenvalue weighted by Gasteiger charge is 2.23. The highest BCUT2D eigenvalue weighted by molar-refractivity contribution is 7.18. The highest BCUT2D eigenvalue weighted by atomic mass is 32.1. The maximum absolute atomic E-state index is 12.5. The molecule has 0 spiro atoms. The van der Waals surface area contributed by atoms with Crippen molar-refractivity contribution in [1.82, 2.24) is 15.3 Å². The van der Waals surface area contributed by atoms with Crippen LogP contribution in [0.25, 0.3) is 10.2 Å². The standard InChI is InChI=1S/C17H25N3OS/c1-9(2)8-18-11(4)15-19-16(21)14-12-6-5-10(3)7-13(12)22-17(14)20-15/h9-11,18H,5-8H2,1-4H3,(H,19,20,21)/t10-,11+/m1/s1. The van der Waals surface area contributed by atoms with Gasteiger partial charge in [-0.2, -0.15) is 0 Å². The van der Waals surface area contributed by atoms with Gasteiger partial charge in [0.15, 0.2) is 0 Å². The largest absolute Gasteiger partial charge is 0.309 e. The van der Waals surface area contributed by atoms with Crippen LogP contribution < -0.4 is 10.9 Å². The Hall–Kier alpha value is -1.20. The number of fused-ring (bicyclic) bond motifs is 3. The van der Waals surface area contributed by atoms with Crippen LogP contribution in [-0.2, 0) is 12.8 Å². The lowest BCUT2D eigenvalue weighted by Gasteiger charge is -2.17. The van der Waals surface area contributed by atoms with Gasteiger partial charge in [0.2, 0.25) is 0 Å². The van der Waals surface area contributed by atoms with Crippen molar-refractivity contribution in [2.24, 2.45) is 11.8 Å². The molecule has 0 radical (unpaired) electrons. The molecule has 2 heterocycles. The fraction of sp³-hybridized carbons (Fsp3) is 0.647. The fourth-order valence-corrected chi connectivity index (χ4v) is 4.47. The molecule has 1 aliphatic rings. The average Bonchev–Trinajstić information content (AvgIpc) is 2.82. The molecule has 2 atom stereocenters. The smallest absolute Gasteiger partial charge is 0.259 e. The number of thiophene rings is 1. The van der Waals surface area contributed by atoms with Gasteiger partial charge >= 0.3 is 0 Å². The van der Waals surface area contributed by atoms with Crippen molar-refractivity contribution in [3.05, 3.63) is 26.6 Å². The van der Waals surface area contributed by atoms with E-state index in [4.69, 9.17) is 4.98 Å². The predicted molar refractivity (Wildman–Crippen MR) is 92.7 cm³/mol. The molecule has 3 rings (SSSR count). The van der Waals surface area contributed by atoms with Crippen LogP contribution in [0, 0.1) is 11.8 Å². The van der Waals surface area contributed by atoms with Crippen molar-refractivity contribution in [1.29, 1.82) is 0 Å². The molecule has 0 saturated heterocycles. The third-order valence-corrected chi connectivity index (χ3v) is 5.57. The maximum atomic E-state index is 12.5. The molecule has 1 aliphatic carbocycles. The summed E-state index contributed by atoms with van der Waals surface area (Å²) >= 11 is 1.71. The van der Waals surface area contributed by atoms with Crippen LogP contribution >= 0.6 is 11.3 Å². The number of aromatic nitrogens is 2. The van der Waals surface area contributed by atoms with E-state index in [1.165, 1.54) is 16.9 Å². The van der Waals surface area contributed by atoms with E-state index >= 15 is 0 Å². The summed E-state index contributed by atoms with van der Waals surface area (Å²) in [5.74, 6) is 2.05. The molecule has 2 aromatic heterocycles. The molecular weight excluding hydrogens is 294 g/mol. The predicted octanol–water partition coefficient (Wildman–Crippen LogP) is 3.42. The minimum absolute atomic E-state index is 0.0326. The molecule has 0 aliphatic heterocycles. The summed E-state index contributed by atoms with van der Waals surface area (Å²) in [4.78, 5) is 22.6. The van der Waals surface area contributed by atoms with Gasteiger partial charge in [0.05, 0.1) is 11.4 Å². The molecule has 2 aromatic rings. The van der Waals surface area contributed by atoms with Crippen molar-refractivity contribution in [3.63, 3.8) is 0 Å². The SMILES string of the molecule is CC(C)CN[C@@H](C)c1nc2sc3c(c2c(=O)[nH]1)CC[C@@H](C)C3. The summed E-state index contributed by atoms with van der Waals surface area (Å²) in [6.45, 7) is 9.61. The summed E-state index contributed by atoms with van der Waals surface area (Å²) in [6, 6.07) is 0.0672. The molecular formula is C17H25N3OS. The quantitative estimate of drug-likeness (QED) is 0.908. The molecule has 120 valence electrons. The molecule has 4 nitrogen and oxygen atoms in total. The number of nitrogens with one attached hydrogen (secondary N) is 2. The number of aromatic amines is 1. The lowest BCUT2D eigenvalue weighted by Crippen LogP contribution is -2.26. The Morgan fingerprint density at radius 1 is 1.41 bits per heavy atom. The van der Waals surface area contributed by atoms with Crippen molar-refractivity contribution < 1.29 is 0 Å². The first-order chi connectivity index (χ1) is 10.5. The number of hydrogen-bond acceptors (Lipinski definition) is 4. The molecule has 0 amide bonds. The summed E-state index contributed by atoms with van der Waals surface area (Å²) in [6.07, 6.45) is 3.28. The van der Waals surface area contributed by atoms with Gasteiger partial charge in [0, 0.05) is 4.88 Å². The Balaban J connectivity index is 1.97. The number of aryl methyl sites for hydroxylation is 1. The molecule has 0 fully saturated rings. The van der Waals surface area contributed by atoms with E-state index in [0.717, 1.165) is 35.4 Å². The Morgan fingerprint density at radius 2 is 2.18 bits per heavy atom. The summed E-state index contributed by atoms with van der Waals surface area (Å²) in [7, 11) is 0. The lowest BCUT2D eigenvalue weighted by atomic mass is 9.89. The molecule has 0 saturated carbocycles. The van der Waals surface area contributed by atoms with Crippen LogP contribution in [0.3, 0.4) is 0 Å². The van der Waals surface area contributed by atoms with Crippen molar-refractivity contribution in [3.8, 4) is 0 Å². The Labute approximate surface area is 135 Å². The number of rotatable bonds is 4. The van der Waals surface area contributed by atoms with Crippen LogP contribution in [0.15, 0.2) is 4.79 Å². The fourth-order valence-electron chi connectivity index (χ4n) is 3.08. The molecule has 22 heavy (non-hydrogen) atoms. The van der Waals surface area contributed by atoms with E-state index in [9.17, 15) is 4.79 Å². The number of hydrogen-bond donors (Lipinski definition) is 2. The van der Waals surface area contributed by atoms with Gasteiger partial charge in [-0.3, -0.25) is 4.79 Å². The topological polar surface area (TPSA) is 57.8 Å². The molecule has 0 aromatic carbocycles. The average molecular weight is 319 g/mol. The first kappa shape index (κ1) is 15.7. The van der Waals surface area contributed by atoms with E-state index in [2.05, 4.69) is 38.0 Å². The van der Waals surface area contributed by atoms with E-state index < -0.39 is 0 Å². The van der Waals surface area contributed by atoms with Gasteiger partial charge in [-0.05, 0) is 50.1 Å². The van der Waals surface area contributed by atoms with Gasteiger partial charge in [-0.25, -0.2) is 4.98 Å². The summed E-state index contributed by atoms with van der Waals surface area (Å²) in [5.41, 5.74) is 1.28. The zero-order valence-corrected chi connectivity index (χ0v) is 14.6. The summed E-state index contributed by atoms with van der Waals surface area (Å²) in [5, 5.41) is 4.27. The maximum Gasteiger partial charge on any atom is 0.259 e. The van der Waals surface area contributed by atoms with Crippen LogP contribution in [0.5, 0.6) is 0 Å². The third kappa shape index (κ3) is 2.97. The first-order valence-corrected chi connectivity index (χ1v) is 9.05. The van der Waals surface area contributed by atoms with Crippen molar-refractivity contribution in [2.75, 3.05) is 6.54 Å². The summed E-state index contributed by atoms with van der Waals surface area (Å²) < 4.78 is 0. The number of H-pyrrole nitrogens is 1. The van der Waals surface area contributed by atoms with Crippen LogP contribution in [0.2, 0.25) is 0 Å². The zero-order valence-electron chi connectivity index (χ0n) is 13.8. The lowest BCUT2D eigenvalue weighted by molar-refractivity contribution is 0.482. The molecule has 0 unspecified atom stereocenters. The van der Waals surface area contributed by atoms with E-state index in [1.807, 2.05) is 0 Å². The van der Waals surface area contributed by atoms with Crippen molar-refractivity contribution in [2.45, 2.75) is 53.0 Å². The Bertz CT molecular complexity index is 731. The molecule has 2 N–H and O–H groups in total. The first-order valence-electron chi connectivity index (χ1n) is 8.23. The molecule has 5 heteroatoms.